The van der Waals surface area contributed by atoms with Crippen molar-refractivity contribution in [2.45, 2.75) is 37.1 Å². The van der Waals surface area contributed by atoms with Crippen LogP contribution in [0.2, 0.25) is 0 Å². The molecule has 150 valence electrons. The number of nitrogens with zero attached hydrogens (tertiary/aromatic N) is 2. The van der Waals surface area contributed by atoms with Crippen molar-refractivity contribution in [3.05, 3.63) is 41.3 Å². The highest BCUT2D eigenvalue weighted by Gasteiger charge is 2.45. The summed E-state index contributed by atoms with van der Waals surface area (Å²) in [6.45, 7) is 3.18. The van der Waals surface area contributed by atoms with Crippen LogP contribution in [-0.2, 0) is 4.79 Å². The number of carbonyl (C=O) groups excluding carboxylic acids is 1. The van der Waals surface area contributed by atoms with E-state index in [1.54, 1.807) is 0 Å². The minimum atomic E-state index is -0.528. The monoisotopic (exact) mass is 383 g/mol. The molecule has 8 heteroatoms. The highest BCUT2D eigenvalue weighted by molar-refractivity contribution is 5.81. The lowest BCUT2D eigenvalue weighted by Gasteiger charge is -2.39. The summed E-state index contributed by atoms with van der Waals surface area (Å²) in [5.41, 5.74) is 12.1. The van der Waals surface area contributed by atoms with Crippen LogP contribution in [-0.4, -0.2) is 50.5 Å². The van der Waals surface area contributed by atoms with Crippen molar-refractivity contribution in [3.63, 3.8) is 0 Å². The van der Waals surface area contributed by atoms with Gasteiger partial charge in [-0.05, 0) is 24.7 Å². The molecule has 3 heterocycles. The molecule has 3 saturated heterocycles. The second-order valence-electron chi connectivity index (χ2n) is 8.08. The molecule has 6 N–H and O–H groups in total. The topological polar surface area (TPSA) is 122 Å². The number of rotatable bonds is 4. The van der Waals surface area contributed by atoms with E-state index < -0.39 is 12.1 Å². The number of amides is 1. The average Bonchev–Trinajstić information content (AvgIpc) is 3.04. The molecule has 3 fully saturated rings. The maximum atomic E-state index is 13.2. The zero-order valence-electron chi connectivity index (χ0n) is 16.0. The van der Waals surface area contributed by atoms with E-state index in [9.17, 15) is 4.79 Å². The van der Waals surface area contributed by atoms with E-state index in [2.05, 4.69) is 39.6 Å². The lowest BCUT2D eigenvalue weighted by Crippen LogP contribution is -3.15. The van der Waals surface area contributed by atoms with Gasteiger partial charge in [0.2, 0.25) is 5.91 Å². The molecule has 0 spiro atoms. The maximum absolute atomic E-state index is 13.2. The minimum absolute atomic E-state index is 0.0304. The van der Waals surface area contributed by atoms with Crippen molar-refractivity contribution >= 4 is 5.91 Å². The molecular weight excluding hydrogens is 354 g/mol. The zero-order chi connectivity index (χ0) is 19.5. The number of hydrogen-bond donors (Lipinski definition) is 5. The molecule has 1 aromatic rings. The fourth-order valence-electron chi connectivity index (χ4n) is 4.81. The van der Waals surface area contributed by atoms with E-state index >= 15 is 0 Å². The SMILES string of the molecule is N#CCC1CNC2C(C(=O)NC3CNCCC3c3ccccc3)C(N)[N-][NH+]2C1. The van der Waals surface area contributed by atoms with Crippen LogP contribution in [0, 0.1) is 23.2 Å². The van der Waals surface area contributed by atoms with E-state index in [1.165, 1.54) is 5.56 Å². The van der Waals surface area contributed by atoms with Crippen LogP contribution in [0.5, 0.6) is 0 Å². The number of quaternary nitrogens is 1. The quantitative estimate of drug-likeness (QED) is 0.447. The van der Waals surface area contributed by atoms with E-state index in [4.69, 9.17) is 11.0 Å². The molecule has 0 saturated carbocycles. The van der Waals surface area contributed by atoms with Crippen LogP contribution >= 0.6 is 0 Å². The number of benzene rings is 1. The summed E-state index contributed by atoms with van der Waals surface area (Å²) >= 11 is 0. The summed E-state index contributed by atoms with van der Waals surface area (Å²) in [6.07, 6.45) is 0.846. The third-order valence-electron chi connectivity index (χ3n) is 6.25. The number of nitriles is 1. The summed E-state index contributed by atoms with van der Waals surface area (Å²) < 4.78 is 0. The maximum Gasteiger partial charge on any atom is 0.230 e. The van der Waals surface area contributed by atoms with Crippen molar-refractivity contribution < 1.29 is 9.80 Å². The first-order valence-electron chi connectivity index (χ1n) is 10.2. The van der Waals surface area contributed by atoms with Crippen LogP contribution < -0.4 is 26.7 Å². The third kappa shape index (κ3) is 3.90. The van der Waals surface area contributed by atoms with Crippen LogP contribution in [0.1, 0.15) is 24.3 Å². The lowest BCUT2D eigenvalue weighted by molar-refractivity contribution is -0.893. The molecule has 7 atom stereocenters. The first-order chi connectivity index (χ1) is 13.7. The van der Waals surface area contributed by atoms with Crippen molar-refractivity contribution in [1.82, 2.24) is 16.0 Å². The van der Waals surface area contributed by atoms with Crippen molar-refractivity contribution in [1.29, 1.82) is 5.26 Å². The number of fused-ring (bicyclic) bond motifs is 1. The van der Waals surface area contributed by atoms with Crippen molar-refractivity contribution in [2.75, 3.05) is 26.2 Å². The molecule has 4 rings (SSSR count). The predicted octanol–water partition coefficient (Wildman–Crippen LogP) is -1.20. The second-order valence-corrected chi connectivity index (χ2v) is 8.08. The molecule has 0 aromatic heterocycles. The van der Waals surface area contributed by atoms with Gasteiger partial charge < -0.3 is 26.8 Å². The smallest absolute Gasteiger partial charge is 0.230 e. The largest absolute Gasteiger partial charge is 0.436 e. The molecule has 3 aliphatic heterocycles. The number of carbonyl (C=O) groups is 1. The van der Waals surface area contributed by atoms with Gasteiger partial charge in [-0.2, -0.15) is 5.26 Å². The van der Waals surface area contributed by atoms with Gasteiger partial charge in [0, 0.05) is 37.4 Å². The van der Waals surface area contributed by atoms with Crippen LogP contribution in [0.4, 0.5) is 0 Å². The summed E-state index contributed by atoms with van der Waals surface area (Å²) in [4.78, 5) is 13.2. The third-order valence-corrected chi connectivity index (χ3v) is 6.25. The summed E-state index contributed by atoms with van der Waals surface area (Å²) in [5.74, 6) is 0.122. The van der Waals surface area contributed by atoms with Gasteiger partial charge in [-0.25, -0.2) is 0 Å². The molecular formula is C20H29N7O. The van der Waals surface area contributed by atoms with Crippen molar-refractivity contribution in [2.24, 2.45) is 17.6 Å². The standard InChI is InChI=1S/C20H29N7O/c21-8-6-13-10-24-19-17(18(22)26-27(19)12-13)20(28)25-16-11-23-9-7-15(16)14-4-2-1-3-5-14/h1-5,13,15-19,23-24,27H,6-7,9-12,22H2,(H,25,28). The Morgan fingerprint density at radius 3 is 2.96 bits per heavy atom. The number of hydrogen-bond acceptors (Lipinski definition) is 5. The molecule has 1 amide bonds. The van der Waals surface area contributed by atoms with E-state index in [-0.39, 0.29) is 24.0 Å². The Morgan fingerprint density at radius 2 is 2.18 bits per heavy atom. The Balaban J connectivity index is 1.43. The summed E-state index contributed by atoms with van der Waals surface area (Å²) in [5, 5.41) is 20.0. The normalized spacial score (nSPS) is 37.6. The van der Waals surface area contributed by atoms with Gasteiger partial charge in [0.1, 0.15) is 12.1 Å². The first-order valence-corrected chi connectivity index (χ1v) is 10.2. The van der Waals surface area contributed by atoms with E-state index in [1.807, 2.05) is 18.2 Å². The van der Waals surface area contributed by atoms with Gasteiger partial charge >= 0.3 is 0 Å². The molecule has 0 bridgehead atoms. The fourth-order valence-corrected chi connectivity index (χ4v) is 4.81. The Morgan fingerprint density at radius 1 is 1.36 bits per heavy atom. The van der Waals surface area contributed by atoms with Crippen LogP contribution in [0.15, 0.2) is 30.3 Å². The molecule has 1 aromatic carbocycles. The summed E-state index contributed by atoms with van der Waals surface area (Å²) in [6, 6.07) is 12.6. The van der Waals surface area contributed by atoms with E-state index in [0.717, 1.165) is 37.6 Å². The van der Waals surface area contributed by atoms with E-state index in [0.29, 0.717) is 12.3 Å². The first kappa shape index (κ1) is 19.3. The number of nitrogens with one attached hydrogen (secondary N) is 4. The highest BCUT2D eigenvalue weighted by Crippen LogP contribution is 2.26. The van der Waals surface area contributed by atoms with Gasteiger partial charge in [0.15, 0.2) is 0 Å². The molecule has 3 aliphatic rings. The van der Waals surface area contributed by atoms with Gasteiger partial charge in [-0.1, -0.05) is 30.3 Å². The zero-order valence-corrected chi connectivity index (χ0v) is 16.0. The Bertz CT molecular complexity index is 721. The predicted molar refractivity (Wildman–Crippen MR) is 105 cm³/mol. The molecule has 7 unspecified atom stereocenters. The van der Waals surface area contributed by atoms with Gasteiger partial charge in [0.05, 0.1) is 12.6 Å². The Labute approximate surface area is 165 Å². The van der Waals surface area contributed by atoms with Gasteiger partial charge in [0.25, 0.3) is 0 Å². The minimum Gasteiger partial charge on any atom is -0.436 e. The van der Waals surface area contributed by atoms with Gasteiger partial charge in [-0.15, -0.1) is 0 Å². The molecule has 0 radical (unpaired) electrons. The number of piperidine rings is 1. The Kier molecular flexibility index (Phi) is 5.90. The van der Waals surface area contributed by atoms with Crippen molar-refractivity contribution in [3.8, 4) is 6.07 Å². The molecule has 28 heavy (non-hydrogen) atoms. The van der Waals surface area contributed by atoms with Crippen LogP contribution in [0.25, 0.3) is 5.43 Å². The fraction of sp³-hybridized carbons (Fsp3) is 0.600. The highest BCUT2D eigenvalue weighted by atomic mass is 16.2. The molecule has 8 nitrogen and oxygen atoms in total. The number of nitrogens with two attached hydrogens (primary N) is 1. The second kappa shape index (κ2) is 8.55. The summed E-state index contributed by atoms with van der Waals surface area (Å²) in [7, 11) is 0. The molecule has 0 aliphatic carbocycles. The Hall–Kier alpha value is -2.02. The lowest BCUT2D eigenvalue weighted by atomic mass is 9.85. The average molecular weight is 384 g/mol. The van der Waals surface area contributed by atoms with Gasteiger partial charge in [-0.3, -0.25) is 10.1 Å². The van der Waals surface area contributed by atoms with Crippen LogP contribution in [0.3, 0.4) is 0 Å².